The van der Waals surface area contributed by atoms with E-state index in [0.29, 0.717) is 39.3 Å². The molecule has 0 radical (unpaired) electrons. The van der Waals surface area contributed by atoms with E-state index >= 15 is 0 Å². The van der Waals surface area contributed by atoms with Crippen LogP contribution >= 0.6 is 0 Å². The molecule has 0 saturated heterocycles. The monoisotopic (exact) mass is 397 g/mol. The van der Waals surface area contributed by atoms with Crippen molar-refractivity contribution < 1.29 is 4.42 Å². The summed E-state index contributed by atoms with van der Waals surface area (Å²) in [5.41, 5.74) is 4.13. The van der Waals surface area contributed by atoms with Crippen molar-refractivity contribution in [1.82, 2.24) is 19.9 Å². The fourth-order valence-electron chi connectivity index (χ4n) is 3.65. The molecule has 2 N–H and O–H groups in total. The first kappa shape index (κ1) is 18.1. The molecule has 0 bridgehead atoms. The highest BCUT2D eigenvalue weighted by molar-refractivity contribution is 5.85. The Kier molecular flexibility index (Phi) is 4.28. The molecule has 0 amide bonds. The molecule has 0 unspecified atom stereocenters. The van der Waals surface area contributed by atoms with Crippen LogP contribution < -0.4 is 10.7 Å². The minimum absolute atomic E-state index is 0.0533. The zero-order valence-electron chi connectivity index (χ0n) is 16.5. The average molecular weight is 397 g/mol. The lowest BCUT2D eigenvalue weighted by Gasteiger charge is -2.18. The maximum Gasteiger partial charge on any atom is 0.200 e. The number of imidazole rings is 1. The van der Waals surface area contributed by atoms with Crippen LogP contribution in [0.4, 0.5) is 5.82 Å². The van der Waals surface area contributed by atoms with Gasteiger partial charge in [0.15, 0.2) is 11.5 Å². The number of anilines is 1. The average Bonchev–Trinajstić information content (AvgIpc) is 3.24. The number of rotatable bonds is 4. The van der Waals surface area contributed by atoms with E-state index < -0.39 is 0 Å². The van der Waals surface area contributed by atoms with Gasteiger partial charge in [0.05, 0.1) is 23.3 Å². The zero-order valence-corrected chi connectivity index (χ0v) is 16.5. The highest BCUT2D eigenvalue weighted by Crippen LogP contribution is 2.31. The molecular weight excluding hydrogens is 378 g/mol. The van der Waals surface area contributed by atoms with Gasteiger partial charge < -0.3 is 14.7 Å². The highest BCUT2D eigenvalue weighted by atomic mass is 16.3. The van der Waals surface area contributed by atoms with E-state index in [1.807, 2.05) is 62.4 Å². The molecule has 1 atom stereocenters. The van der Waals surface area contributed by atoms with Gasteiger partial charge in [-0.1, -0.05) is 42.0 Å². The third-order valence-electron chi connectivity index (χ3n) is 5.10. The number of benzene rings is 2. The van der Waals surface area contributed by atoms with Crippen LogP contribution in [-0.2, 0) is 0 Å². The van der Waals surface area contributed by atoms with E-state index in [4.69, 9.17) is 4.42 Å². The van der Waals surface area contributed by atoms with Crippen molar-refractivity contribution in [3.8, 4) is 11.1 Å². The molecule has 2 aromatic carbocycles. The molecule has 5 rings (SSSR count). The van der Waals surface area contributed by atoms with Crippen LogP contribution in [0.5, 0.6) is 0 Å². The maximum absolute atomic E-state index is 13.5. The normalized spacial score (nSPS) is 12.3. The van der Waals surface area contributed by atoms with Crippen LogP contribution in [0.3, 0.4) is 0 Å². The number of aromatic amines is 1. The molecule has 0 aliphatic rings. The Balaban J connectivity index is 1.70. The van der Waals surface area contributed by atoms with Crippen molar-refractivity contribution in [3.63, 3.8) is 0 Å². The molecule has 0 aliphatic heterocycles. The SMILES string of the molecule is Cc1ccc2oc([C@H](C)Nc3ncnc4[nH]cnc34)c(-c3ccccc3)c(=O)c2c1. The van der Waals surface area contributed by atoms with Gasteiger partial charge in [-0.15, -0.1) is 0 Å². The first-order chi connectivity index (χ1) is 14.6. The number of fused-ring (bicyclic) bond motifs is 2. The summed E-state index contributed by atoms with van der Waals surface area (Å²) in [5, 5.41) is 3.91. The summed E-state index contributed by atoms with van der Waals surface area (Å²) in [4.78, 5) is 29.2. The summed E-state index contributed by atoms with van der Waals surface area (Å²) in [5.74, 6) is 1.12. The van der Waals surface area contributed by atoms with Crippen molar-refractivity contribution >= 4 is 28.0 Å². The smallest absolute Gasteiger partial charge is 0.200 e. The Bertz CT molecular complexity index is 1420. The van der Waals surface area contributed by atoms with Gasteiger partial charge in [-0.3, -0.25) is 4.79 Å². The van der Waals surface area contributed by atoms with Gasteiger partial charge in [0.1, 0.15) is 23.2 Å². The van der Waals surface area contributed by atoms with Gasteiger partial charge in [0.2, 0.25) is 5.43 Å². The van der Waals surface area contributed by atoms with E-state index in [9.17, 15) is 4.79 Å². The van der Waals surface area contributed by atoms with Gasteiger partial charge in [0.25, 0.3) is 0 Å². The number of nitrogens with one attached hydrogen (secondary N) is 2. The number of H-pyrrole nitrogens is 1. The topological polar surface area (TPSA) is 96.7 Å². The lowest BCUT2D eigenvalue weighted by Crippen LogP contribution is -2.16. The largest absolute Gasteiger partial charge is 0.458 e. The number of hydrogen-bond acceptors (Lipinski definition) is 6. The quantitative estimate of drug-likeness (QED) is 0.460. The summed E-state index contributed by atoms with van der Waals surface area (Å²) in [6, 6.07) is 14.9. The summed E-state index contributed by atoms with van der Waals surface area (Å²) in [6.07, 6.45) is 3.04. The Hall–Kier alpha value is -4.00. The van der Waals surface area contributed by atoms with Gasteiger partial charge in [-0.25, -0.2) is 15.0 Å². The third kappa shape index (κ3) is 3.00. The number of aromatic nitrogens is 4. The molecule has 0 saturated carbocycles. The number of aryl methyl sites for hydroxylation is 1. The number of hydrogen-bond donors (Lipinski definition) is 2. The molecule has 5 aromatic rings. The molecule has 30 heavy (non-hydrogen) atoms. The van der Waals surface area contributed by atoms with Crippen LogP contribution in [0.1, 0.15) is 24.3 Å². The molecular formula is C23H19N5O2. The second-order valence-electron chi connectivity index (χ2n) is 7.22. The third-order valence-corrected chi connectivity index (χ3v) is 5.10. The second kappa shape index (κ2) is 7.11. The van der Waals surface area contributed by atoms with Crippen LogP contribution in [0, 0.1) is 6.92 Å². The molecule has 7 heteroatoms. The summed E-state index contributed by atoms with van der Waals surface area (Å²) in [6.45, 7) is 3.90. The van der Waals surface area contributed by atoms with Crippen molar-refractivity contribution in [2.24, 2.45) is 0 Å². The minimum atomic E-state index is -0.339. The fourth-order valence-corrected chi connectivity index (χ4v) is 3.65. The molecule has 3 aromatic heterocycles. The molecule has 3 heterocycles. The Morgan fingerprint density at radius 1 is 1.07 bits per heavy atom. The lowest BCUT2D eigenvalue weighted by molar-refractivity contribution is 0.515. The molecule has 7 nitrogen and oxygen atoms in total. The lowest BCUT2D eigenvalue weighted by atomic mass is 9.98. The molecule has 148 valence electrons. The summed E-state index contributed by atoms with van der Waals surface area (Å²) < 4.78 is 6.28. The Morgan fingerprint density at radius 2 is 1.90 bits per heavy atom. The first-order valence-corrected chi connectivity index (χ1v) is 9.65. The molecule has 0 fully saturated rings. The van der Waals surface area contributed by atoms with Gasteiger partial charge in [-0.05, 0) is 31.5 Å². The van der Waals surface area contributed by atoms with Gasteiger partial charge in [-0.2, -0.15) is 0 Å². The summed E-state index contributed by atoms with van der Waals surface area (Å²) >= 11 is 0. The van der Waals surface area contributed by atoms with E-state index in [-0.39, 0.29) is 11.5 Å². The number of nitrogens with zero attached hydrogens (tertiary/aromatic N) is 3. The fraction of sp³-hybridized carbons (Fsp3) is 0.130. The van der Waals surface area contributed by atoms with E-state index in [0.717, 1.165) is 11.1 Å². The van der Waals surface area contributed by atoms with E-state index in [1.54, 1.807) is 6.33 Å². The van der Waals surface area contributed by atoms with Crippen molar-refractivity contribution in [3.05, 3.63) is 82.7 Å². The Labute approximate surface area is 171 Å². The predicted octanol–water partition coefficient (Wildman–Crippen LogP) is 4.61. The van der Waals surface area contributed by atoms with Gasteiger partial charge >= 0.3 is 0 Å². The predicted molar refractivity (Wildman–Crippen MR) is 116 cm³/mol. The van der Waals surface area contributed by atoms with E-state index in [2.05, 4.69) is 25.3 Å². The zero-order chi connectivity index (χ0) is 20.7. The van der Waals surface area contributed by atoms with Crippen molar-refractivity contribution in [2.75, 3.05) is 5.32 Å². The standard InChI is InChI=1S/C23H19N5O2/c1-13-8-9-17-16(10-13)20(29)18(15-6-4-3-5-7-15)21(30-17)14(2)28-23-19-22(25-11-24-19)26-12-27-23/h3-12,14H,1-2H3,(H2,24,25,26,27,28)/t14-/m0/s1. The maximum atomic E-state index is 13.5. The first-order valence-electron chi connectivity index (χ1n) is 9.65. The van der Waals surface area contributed by atoms with Crippen LogP contribution in [0.25, 0.3) is 33.3 Å². The van der Waals surface area contributed by atoms with Crippen molar-refractivity contribution in [2.45, 2.75) is 19.9 Å². The van der Waals surface area contributed by atoms with Crippen LogP contribution in [0.2, 0.25) is 0 Å². The summed E-state index contributed by atoms with van der Waals surface area (Å²) in [7, 11) is 0. The highest BCUT2D eigenvalue weighted by Gasteiger charge is 2.22. The van der Waals surface area contributed by atoms with Crippen LogP contribution in [-0.4, -0.2) is 19.9 Å². The Morgan fingerprint density at radius 3 is 2.73 bits per heavy atom. The van der Waals surface area contributed by atoms with E-state index in [1.165, 1.54) is 6.33 Å². The minimum Gasteiger partial charge on any atom is -0.458 e. The van der Waals surface area contributed by atoms with Gasteiger partial charge in [0, 0.05) is 0 Å². The van der Waals surface area contributed by atoms with Crippen LogP contribution in [0.15, 0.2) is 70.4 Å². The second-order valence-corrected chi connectivity index (χ2v) is 7.22. The van der Waals surface area contributed by atoms with Crippen molar-refractivity contribution in [1.29, 1.82) is 0 Å². The molecule has 0 spiro atoms. The molecule has 0 aliphatic carbocycles.